The van der Waals surface area contributed by atoms with Crippen molar-refractivity contribution in [2.45, 2.75) is 37.5 Å². The maximum Gasteiger partial charge on any atom is 0.224 e. The molecule has 0 bridgehead atoms. The first-order chi connectivity index (χ1) is 8.24. The van der Waals surface area contributed by atoms with E-state index in [4.69, 9.17) is 11.6 Å². The van der Waals surface area contributed by atoms with Crippen LogP contribution in [0, 0.1) is 5.92 Å². The number of aryl methyl sites for hydroxylation is 1. The molecule has 0 spiro atoms. The fraction of sp³-hybridized carbons (Fsp3) is 0.500. The second-order valence-corrected chi connectivity index (χ2v) is 5.53. The average molecular weight is 250 g/mol. The Morgan fingerprint density at radius 2 is 2.12 bits per heavy atom. The van der Waals surface area contributed by atoms with Gasteiger partial charge in [0, 0.05) is 12.1 Å². The molecule has 3 rings (SSSR count). The first kappa shape index (κ1) is 11.1. The van der Waals surface area contributed by atoms with E-state index in [-0.39, 0.29) is 11.3 Å². The molecule has 1 amide bonds. The van der Waals surface area contributed by atoms with Gasteiger partial charge in [-0.1, -0.05) is 12.1 Å². The van der Waals surface area contributed by atoms with E-state index in [1.165, 1.54) is 24.0 Å². The van der Waals surface area contributed by atoms with Crippen molar-refractivity contribution in [1.29, 1.82) is 0 Å². The molecule has 1 atom stereocenters. The zero-order valence-electron chi connectivity index (χ0n) is 9.71. The molecule has 1 aromatic carbocycles. The Morgan fingerprint density at radius 1 is 1.29 bits per heavy atom. The summed E-state index contributed by atoms with van der Waals surface area (Å²) in [6.07, 6.45) is 5.02. The molecule has 1 aliphatic carbocycles. The molecule has 17 heavy (non-hydrogen) atoms. The number of nitrogens with one attached hydrogen (secondary N) is 1. The summed E-state index contributed by atoms with van der Waals surface area (Å²) >= 11 is 6.43. The number of anilines is 1. The number of alkyl halides is 1. The number of fused-ring (bicyclic) bond motifs is 1. The summed E-state index contributed by atoms with van der Waals surface area (Å²) in [6.45, 7) is 0. The zero-order chi connectivity index (χ0) is 11.8. The van der Waals surface area contributed by atoms with Gasteiger partial charge in [-0.2, -0.15) is 0 Å². The van der Waals surface area contributed by atoms with Crippen LogP contribution in [0.15, 0.2) is 18.2 Å². The lowest BCUT2D eigenvalue weighted by atomic mass is 10.0. The molecular weight excluding hydrogens is 234 g/mol. The van der Waals surface area contributed by atoms with Crippen LogP contribution >= 0.6 is 11.6 Å². The summed E-state index contributed by atoms with van der Waals surface area (Å²) in [4.78, 5) is 11.4. The third-order valence-corrected chi connectivity index (χ3v) is 4.22. The second kappa shape index (κ2) is 4.34. The Hall–Kier alpha value is -1.02. The van der Waals surface area contributed by atoms with Crippen molar-refractivity contribution in [3.63, 3.8) is 0 Å². The maximum atomic E-state index is 11.4. The highest BCUT2D eigenvalue weighted by molar-refractivity contribution is 6.21. The Morgan fingerprint density at radius 3 is 2.88 bits per heavy atom. The lowest BCUT2D eigenvalue weighted by Gasteiger charge is -2.12. The van der Waals surface area contributed by atoms with Gasteiger partial charge >= 0.3 is 0 Å². The van der Waals surface area contributed by atoms with Crippen molar-refractivity contribution >= 4 is 23.2 Å². The molecule has 1 aliphatic heterocycles. The number of amides is 1. The zero-order valence-corrected chi connectivity index (χ0v) is 10.5. The van der Waals surface area contributed by atoms with Crippen molar-refractivity contribution in [2.75, 3.05) is 5.32 Å². The van der Waals surface area contributed by atoms with Gasteiger partial charge in [0.1, 0.15) is 0 Å². The van der Waals surface area contributed by atoms with Crippen molar-refractivity contribution in [3.05, 3.63) is 29.3 Å². The molecule has 0 radical (unpaired) electrons. The Balaban J connectivity index is 1.89. The van der Waals surface area contributed by atoms with Crippen LogP contribution in [0.1, 0.15) is 42.2 Å². The van der Waals surface area contributed by atoms with Crippen molar-refractivity contribution < 1.29 is 4.79 Å². The van der Waals surface area contributed by atoms with E-state index >= 15 is 0 Å². The number of hydrogen-bond donors (Lipinski definition) is 1. The minimum absolute atomic E-state index is 0.126. The molecule has 1 N–H and O–H groups in total. The molecule has 1 saturated carbocycles. The van der Waals surface area contributed by atoms with Gasteiger partial charge < -0.3 is 5.32 Å². The highest BCUT2D eigenvalue weighted by atomic mass is 35.5. The van der Waals surface area contributed by atoms with Gasteiger partial charge in [0.25, 0.3) is 0 Å². The van der Waals surface area contributed by atoms with E-state index in [0.29, 0.717) is 12.3 Å². The SMILES string of the molecule is O=C1CCCc2cc(C(Cl)C3CC3)ccc2N1. The lowest BCUT2D eigenvalue weighted by Crippen LogP contribution is -2.09. The predicted octanol–water partition coefficient (Wildman–Crippen LogP) is 3.65. The Bertz CT molecular complexity index is 454. The van der Waals surface area contributed by atoms with Crippen molar-refractivity contribution in [2.24, 2.45) is 5.92 Å². The Kier molecular flexibility index (Phi) is 2.83. The van der Waals surface area contributed by atoms with Gasteiger partial charge in [-0.3, -0.25) is 4.79 Å². The number of halogens is 1. The summed E-state index contributed by atoms with van der Waals surface area (Å²) < 4.78 is 0. The standard InChI is InChI=1S/C14H16ClNO/c15-14(9-4-5-9)11-6-7-12-10(8-11)2-1-3-13(17)16-12/h6-9,14H,1-5H2,(H,16,17). The lowest BCUT2D eigenvalue weighted by molar-refractivity contribution is -0.116. The van der Waals surface area contributed by atoms with Crippen LogP contribution in [-0.2, 0) is 11.2 Å². The largest absolute Gasteiger partial charge is 0.326 e. The summed E-state index contributed by atoms with van der Waals surface area (Å²) in [6, 6.07) is 6.24. The quantitative estimate of drug-likeness (QED) is 0.797. The number of hydrogen-bond acceptors (Lipinski definition) is 1. The number of rotatable bonds is 2. The molecular formula is C14H16ClNO. The van der Waals surface area contributed by atoms with Crippen molar-refractivity contribution in [1.82, 2.24) is 0 Å². The van der Waals surface area contributed by atoms with Gasteiger partial charge in [-0.05, 0) is 48.8 Å². The topological polar surface area (TPSA) is 29.1 Å². The van der Waals surface area contributed by atoms with Crippen molar-refractivity contribution in [3.8, 4) is 0 Å². The van der Waals surface area contributed by atoms with E-state index in [2.05, 4.69) is 17.4 Å². The Labute approximate surface area is 106 Å². The highest BCUT2D eigenvalue weighted by Crippen LogP contribution is 2.45. The molecule has 1 heterocycles. The number of carbonyl (C=O) groups is 1. The number of carbonyl (C=O) groups excluding carboxylic acids is 1. The van der Waals surface area contributed by atoms with E-state index in [1.54, 1.807) is 0 Å². The van der Waals surface area contributed by atoms with E-state index in [1.807, 2.05) is 6.07 Å². The highest BCUT2D eigenvalue weighted by Gasteiger charge is 2.31. The van der Waals surface area contributed by atoms with Gasteiger partial charge in [0.15, 0.2) is 0 Å². The molecule has 2 nitrogen and oxygen atoms in total. The minimum atomic E-state index is 0.126. The summed E-state index contributed by atoms with van der Waals surface area (Å²) in [5.74, 6) is 0.788. The van der Waals surface area contributed by atoms with Gasteiger partial charge in [0.05, 0.1) is 5.38 Å². The van der Waals surface area contributed by atoms with Gasteiger partial charge in [0.2, 0.25) is 5.91 Å². The monoisotopic (exact) mass is 249 g/mol. The van der Waals surface area contributed by atoms with Crippen LogP contribution < -0.4 is 5.32 Å². The normalized spacial score (nSPS) is 21.4. The second-order valence-electron chi connectivity index (χ2n) is 5.06. The third-order valence-electron chi connectivity index (χ3n) is 3.61. The summed E-state index contributed by atoms with van der Waals surface area (Å²) in [5.41, 5.74) is 3.42. The van der Waals surface area contributed by atoms with Crippen LogP contribution in [0.2, 0.25) is 0 Å². The summed E-state index contributed by atoms with van der Waals surface area (Å²) in [7, 11) is 0. The molecule has 1 unspecified atom stereocenters. The van der Waals surface area contributed by atoms with Gasteiger partial charge in [-0.25, -0.2) is 0 Å². The number of benzene rings is 1. The molecule has 3 heteroatoms. The fourth-order valence-electron chi connectivity index (χ4n) is 2.43. The molecule has 90 valence electrons. The summed E-state index contributed by atoms with van der Waals surface area (Å²) in [5, 5.41) is 3.10. The average Bonchev–Trinajstić information content (AvgIpc) is 3.14. The minimum Gasteiger partial charge on any atom is -0.326 e. The van der Waals surface area contributed by atoms with Crippen LogP contribution in [0.3, 0.4) is 0 Å². The molecule has 2 aliphatic rings. The van der Waals surface area contributed by atoms with E-state index < -0.39 is 0 Å². The predicted molar refractivity (Wildman–Crippen MR) is 69.3 cm³/mol. The molecule has 0 saturated heterocycles. The van der Waals surface area contributed by atoms with Crippen LogP contribution in [0.4, 0.5) is 5.69 Å². The maximum absolute atomic E-state index is 11.4. The molecule has 1 aromatic rings. The molecule has 0 aromatic heterocycles. The van der Waals surface area contributed by atoms with Crippen LogP contribution in [0.5, 0.6) is 0 Å². The first-order valence-corrected chi connectivity index (χ1v) is 6.74. The fourth-order valence-corrected chi connectivity index (χ4v) is 2.81. The van der Waals surface area contributed by atoms with Crippen LogP contribution in [0.25, 0.3) is 0 Å². The van der Waals surface area contributed by atoms with Crippen LogP contribution in [-0.4, -0.2) is 5.91 Å². The first-order valence-electron chi connectivity index (χ1n) is 6.31. The van der Waals surface area contributed by atoms with Gasteiger partial charge in [-0.15, -0.1) is 11.6 Å². The third kappa shape index (κ3) is 2.32. The molecule has 1 fully saturated rings. The van der Waals surface area contributed by atoms with E-state index in [9.17, 15) is 4.79 Å². The van der Waals surface area contributed by atoms with E-state index in [0.717, 1.165) is 18.5 Å². The smallest absolute Gasteiger partial charge is 0.224 e.